The van der Waals surface area contributed by atoms with Gasteiger partial charge in [-0.05, 0) is 50.6 Å². The quantitative estimate of drug-likeness (QED) is 0.687. The van der Waals surface area contributed by atoms with Crippen LogP contribution in [0.15, 0.2) is 24.3 Å². The van der Waals surface area contributed by atoms with Crippen molar-refractivity contribution in [1.82, 2.24) is 10.6 Å². The predicted molar refractivity (Wildman–Crippen MR) is 84.7 cm³/mol. The number of benzene rings is 1. The Balaban J connectivity index is 0.00000361. The van der Waals surface area contributed by atoms with Gasteiger partial charge in [-0.3, -0.25) is 4.79 Å². The highest BCUT2D eigenvalue weighted by Gasteiger charge is 2.00. The van der Waals surface area contributed by atoms with E-state index >= 15 is 0 Å². The number of aryl methyl sites for hydroxylation is 1. The Kier molecular flexibility index (Phi) is 10.8. The SMILES string of the molecule is CNCCCC(=O)NCCCc1ccc(OC)cc1.Cl. The zero-order chi connectivity index (χ0) is 13.9. The molecule has 0 aliphatic heterocycles. The fourth-order valence-corrected chi connectivity index (χ4v) is 1.83. The zero-order valence-corrected chi connectivity index (χ0v) is 13.1. The van der Waals surface area contributed by atoms with Crippen molar-refractivity contribution in [3.05, 3.63) is 29.8 Å². The van der Waals surface area contributed by atoms with Crippen molar-refractivity contribution < 1.29 is 9.53 Å². The van der Waals surface area contributed by atoms with E-state index in [2.05, 4.69) is 22.8 Å². The minimum Gasteiger partial charge on any atom is -0.497 e. The number of nitrogens with one attached hydrogen (secondary N) is 2. The first-order valence-electron chi connectivity index (χ1n) is 6.80. The molecule has 1 rings (SSSR count). The molecule has 0 spiro atoms. The van der Waals surface area contributed by atoms with Crippen molar-refractivity contribution in [2.24, 2.45) is 0 Å². The van der Waals surface area contributed by atoms with Crippen LogP contribution in [0.25, 0.3) is 0 Å². The number of carbonyl (C=O) groups is 1. The summed E-state index contributed by atoms with van der Waals surface area (Å²) < 4.78 is 5.11. The lowest BCUT2D eigenvalue weighted by Gasteiger charge is -2.06. The molecule has 0 radical (unpaired) electrons. The molecule has 114 valence electrons. The van der Waals surface area contributed by atoms with E-state index in [4.69, 9.17) is 4.74 Å². The Labute approximate surface area is 127 Å². The lowest BCUT2D eigenvalue weighted by atomic mass is 10.1. The predicted octanol–water partition coefficient (Wildman–Crippen LogP) is 2.17. The van der Waals surface area contributed by atoms with Crippen LogP contribution in [-0.2, 0) is 11.2 Å². The first kappa shape index (κ1) is 18.7. The average molecular weight is 301 g/mol. The van der Waals surface area contributed by atoms with Gasteiger partial charge in [0.15, 0.2) is 0 Å². The normalized spacial score (nSPS) is 9.70. The second kappa shape index (κ2) is 11.6. The van der Waals surface area contributed by atoms with E-state index in [0.29, 0.717) is 6.42 Å². The maximum Gasteiger partial charge on any atom is 0.220 e. The molecule has 0 unspecified atom stereocenters. The van der Waals surface area contributed by atoms with Crippen LogP contribution >= 0.6 is 12.4 Å². The summed E-state index contributed by atoms with van der Waals surface area (Å²) in [6.07, 6.45) is 3.43. The van der Waals surface area contributed by atoms with Gasteiger partial charge >= 0.3 is 0 Å². The van der Waals surface area contributed by atoms with E-state index < -0.39 is 0 Å². The average Bonchev–Trinajstić information content (AvgIpc) is 2.44. The van der Waals surface area contributed by atoms with Gasteiger partial charge < -0.3 is 15.4 Å². The number of rotatable bonds is 9. The van der Waals surface area contributed by atoms with Crippen molar-refractivity contribution in [3.63, 3.8) is 0 Å². The molecule has 0 fully saturated rings. The molecule has 0 aliphatic rings. The number of hydrogen-bond donors (Lipinski definition) is 2. The van der Waals surface area contributed by atoms with Gasteiger partial charge in [0, 0.05) is 13.0 Å². The highest BCUT2D eigenvalue weighted by atomic mass is 35.5. The van der Waals surface area contributed by atoms with Gasteiger partial charge in [-0.2, -0.15) is 0 Å². The number of halogens is 1. The summed E-state index contributed by atoms with van der Waals surface area (Å²) in [6.45, 7) is 1.63. The molecule has 0 heterocycles. The van der Waals surface area contributed by atoms with Crippen LogP contribution in [0.2, 0.25) is 0 Å². The fourth-order valence-electron chi connectivity index (χ4n) is 1.83. The van der Waals surface area contributed by atoms with E-state index in [1.54, 1.807) is 7.11 Å². The lowest BCUT2D eigenvalue weighted by Crippen LogP contribution is -2.25. The van der Waals surface area contributed by atoms with Crippen LogP contribution in [0.4, 0.5) is 0 Å². The van der Waals surface area contributed by atoms with Gasteiger partial charge in [0.1, 0.15) is 5.75 Å². The highest BCUT2D eigenvalue weighted by Crippen LogP contribution is 2.12. The van der Waals surface area contributed by atoms with Crippen molar-refractivity contribution in [2.45, 2.75) is 25.7 Å². The van der Waals surface area contributed by atoms with Crippen LogP contribution < -0.4 is 15.4 Å². The molecule has 0 aromatic heterocycles. The van der Waals surface area contributed by atoms with Gasteiger partial charge in [0.2, 0.25) is 5.91 Å². The minimum atomic E-state index is 0. The summed E-state index contributed by atoms with van der Waals surface area (Å²) in [5.74, 6) is 1.02. The van der Waals surface area contributed by atoms with Crippen molar-refractivity contribution in [2.75, 3.05) is 27.2 Å². The van der Waals surface area contributed by atoms with Gasteiger partial charge in [0.25, 0.3) is 0 Å². The Morgan fingerprint density at radius 1 is 1.15 bits per heavy atom. The van der Waals surface area contributed by atoms with Gasteiger partial charge in [-0.1, -0.05) is 12.1 Å². The van der Waals surface area contributed by atoms with E-state index in [-0.39, 0.29) is 18.3 Å². The molecule has 5 heteroatoms. The molecule has 1 aromatic rings. The summed E-state index contributed by atoms with van der Waals surface area (Å²) in [5, 5.41) is 5.97. The van der Waals surface area contributed by atoms with E-state index in [0.717, 1.165) is 38.1 Å². The molecule has 1 aromatic carbocycles. The number of amides is 1. The molecule has 0 aliphatic carbocycles. The second-order valence-electron chi connectivity index (χ2n) is 4.51. The molecule has 1 amide bonds. The van der Waals surface area contributed by atoms with Crippen molar-refractivity contribution in [1.29, 1.82) is 0 Å². The van der Waals surface area contributed by atoms with Crippen molar-refractivity contribution in [3.8, 4) is 5.75 Å². The third kappa shape index (κ3) is 8.02. The smallest absolute Gasteiger partial charge is 0.220 e. The summed E-state index contributed by atoms with van der Waals surface area (Å²) in [5.41, 5.74) is 1.27. The lowest BCUT2D eigenvalue weighted by molar-refractivity contribution is -0.121. The standard InChI is InChI=1S/C15H24N2O2.ClH/c1-16-11-4-6-15(18)17-12-3-5-13-7-9-14(19-2)10-8-13;/h7-10,16H,3-6,11-12H2,1-2H3,(H,17,18);1H. The maximum absolute atomic E-state index is 11.5. The van der Waals surface area contributed by atoms with Gasteiger partial charge in [-0.25, -0.2) is 0 Å². The van der Waals surface area contributed by atoms with Crippen LogP contribution in [0.3, 0.4) is 0 Å². The maximum atomic E-state index is 11.5. The molecule has 0 atom stereocenters. The molecular formula is C15H25ClN2O2. The third-order valence-electron chi connectivity index (χ3n) is 2.95. The van der Waals surface area contributed by atoms with E-state index in [1.807, 2.05) is 19.2 Å². The Hall–Kier alpha value is -1.26. The Bertz CT molecular complexity index is 369. The number of hydrogen-bond acceptors (Lipinski definition) is 3. The molecule has 0 saturated carbocycles. The molecule has 0 bridgehead atoms. The molecular weight excluding hydrogens is 276 g/mol. The Morgan fingerprint density at radius 3 is 2.45 bits per heavy atom. The fraction of sp³-hybridized carbons (Fsp3) is 0.533. The number of carbonyl (C=O) groups excluding carboxylic acids is 1. The molecule has 2 N–H and O–H groups in total. The van der Waals surface area contributed by atoms with Crippen LogP contribution in [0, 0.1) is 0 Å². The minimum absolute atomic E-state index is 0. The van der Waals surface area contributed by atoms with E-state index in [9.17, 15) is 4.79 Å². The summed E-state index contributed by atoms with van der Waals surface area (Å²) in [6, 6.07) is 8.05. The summed E-state index contributed by atoms with van der Waals surface area (Å²) in [4.78, 5) is 11.5. The largest absolute Gasteiger partial charge is 0.497 e. The number of methoxy groups -OCH3 is 1. The summed E-state index contributed by atoms with van der Waals surface area (Å²) >= 11 is 0. The molecule has 4 nitrogen and oxygen atoms in total. The van der Waals surface area contributed by atoms with Gasteiger partial charge in [0.05, 0.1) is 7.11 Å². The first-order valence-corrected chi connectivity index (χ1v) is 6.80. The van der Waals surface area contributed by atoms with Crippen LogP contribution in [0.1, 0.15) is 24.8 Å². The Morgan fingerprint density at radius 2 is 1.85 bits per heavy atom. The first-order chi connectivity index (χ1) is 9.26. The number of ether oxygens (including phenoxy) is 1. The summed E-state index contributed by atoms with van der Waals surface area (Å²) in [7, 11) is 3.56. The second-order valence-corrected chi connectivity index (χ2v) is 4.51. The highest BCUT2D eigenvalue weighted by molar-refractivity contribution is 5.85. The van der Waals surface area contributed by atoms with Gasteiger partial charge in [-0.15, -0.1) is 12.4 Å². The topological polar surface area (TPSA) is 50.4 Å². The van der Waals surface area contributed by atoms with E-state index in [1.165, 1.54) is 5.56 Å². The van der Waals surface area contributed by atoms with Crippen LogP contribution in [-0.4, -0.2) is 33.2 Å². The van der Waals surface area contributed by atoms with Crippen molar-refractivity contribution >= 4 is 18.3 Å². The monoisotopic (exact) mass is 300 g/mol. The molecule has 0 saturated heterocycles. The van der Waals surface area contributed by atoms with Crippen LogP contribution in [0.5, 0.6) is 5.75 Å². The molecule has 20 heavy (non-hydrogen) atoms. The third-order valence-corrected chi connectivity index (χ3v) is 2.95. The zero-order valence-electron chi connectivity index (χ0n) is 12.3.